The van der Waals surface area contributed by atoms with Gasteiger partial charge in [-0.05, 0) is 68.3 Å². The number of amides is 1. The normalized spacial score (nSPS) is 10.6. The summed E-state index contributed by atoms with van der Waals surface area (Å²) in [6.45, 7) is 5.17. The number of hydrogen-bond acceptors (Lipinski definition) is 5. The van der Waals surface area contributed by atoms with Crippen LogP contribution in [0.4, 0.5) is 10.1 Å². The minimum Gasteiger partial charge on any atom is -0.451 e. The molecule has 0 saturated heterocycles. The molecule has 0 aliphatic carbocycles. The lowest BCUT2D eigenvalue weighted by Crippen LogP contribution is -2.21. The Morgan fingerprint density at radius 3 is 2.36 bits per heavy atom. The van der Waals surface area contributed by atoms with Gasteiger partial charge < -0.3 is 10.1 Å². The Balaban J connectivity index is 1.63. The van der Waals surface area contributed by atoms with Gasteiger partial charge in [0.15, 0.2) is 6.61 Å². The number of carbonyl (C=O) groups excluding carboxylic acids is 2. The van der Waals surface area contributed by atoms with Gasteiger partial charge in [-0.25, -0.2) is 14.2 Å². The maximum Gasteiger partial charge on any atom is 0.350 e. The van der Waals surface area contributed by atoms with E-state index in [9.17, 15) is 14.0 Å². The standard InChI is InChI=1S/C21H19FN2O3S/c1-12-8-13(2)10-17(9-12)24-18(25)11-27-21(26)19-14(3)23-20(28-19)15-4-6-16(22)7-5-15/h4-10H,11H2,1-3H3,(H,24,25). The first-order valence-electron chi connectivity index (χ1n) is 8.60. The van der Waals surface area contributed by atoms with Gasteiger partial charge >= 0.3 is 5.97 Å². The number of aromatic nitrogens is 1. The van der Waals surface area contributed by atoms with Crippen LogP contribution in [-0.2, 0) is 9.53 Å². The van der Waals surface area contributed by atoms with E-state index in [1.165, 1.54) is 12.1 Å². The number of ether oxygens (including phenoxy) is 1. The third-order valence-electron chi connectivity index (χ3n) is 3.91. The van der Waals surface area contributed by atoms with E-state index in [-0.39, 0.29) is 5.82 Å². The number of anilines is 1. The SMILES string of the molecule is Cc1cc(C)cc(NC(=O)COC(=O)c2sc(-c3ccc(F)cc3)nc2C)c1. The van der Waals surface area contributed by atoms with Crippen LogP contribution in [0.25, 0.3) is 10.6 Å². The van der Waals surface area contributed by atoms with Crippen molar-refractivity contribution in [2.45, 2.75) is 20.8 Å². The van der Waals surface area contributed by atoms with Crippen LogP contribution in [0, 0.1) is 26.6 Å². The zero-order chi connectivity index (χ0) is 20.3. The van der Waals surface area contributed by atoms with Crippen molar-refractivity contribution in [1.29, 1.82) is 0 Å². The lowest BCUT2D eigenvalue weighted by Gasteiger charge is -2.08. The Bertz CT molecular complexity index is 1010. The van der Waals surface area contributed by atoms with Crippen LogP contribution in [0.3, 0.4) is 0 Å². The molecule has 5 nitrogen and oxygen atoms in total. The van der Waals surface area contributed by atoms with Gasteiger partial charge in [0.1, 0.15) is 15.7 Å². The molecule has 1 heterocycles. The Morgan fingerprint density at radius 1 is 1.07 bits per heavy atom. The van der Waals surface area contributed by atoms with E-state index >= 15 is 0 Å². The summed E-state index contributed by atoms with van der Waals surface area (Å²) in [5.74, 6) is -1.37. The van der Waals surface area contributed by atoms with Crippen molar-refractivity contribution < 1.29 is 18.7 Å². The number of nitrogens with zero attached hydrogens (tertiary/aromatic N) is 1. The number of benzene rings is 2. The summed E-state index contributed by atoms with van der Waals surface area (Å²) in [5, 5.41) is 3.30. The van der Waals surface area contributed by atoms with Gasteiger partial charge in [-0.2, -0.15) is 0 Å². The lowest BCUT2D eigenvalue weighted by molar-refractivity contribution is -0.119. The number of esters is 1. The maximum absolute atomic E-state index is 13.1. The molecule has 0 radical (unpaired) electrons. The molecule has 144 valence electrons. The van der Waals surface area contributed by atoms with Crippen LogP contribution >= 0.6 is 11.3 Å². The van der Waals surface area contributed by atoms with Gasteiger partial charge in [0, 0.05) is 11.3 Å². The molecule has 0 aliphatic rings. The zero-order valence-electron chi connectivity index (χ0n) is 15.7. The Hall–Kier alpha value is -3.06. The van der Waals surface area contributed by atoms with Crippen LogP contribution in [0.2, 0.25) is 0 Å². The average Bonchev–Trinajstić information content (AvgIpc) is 3.01. The van der Waals surface area contributed by atoms with Gasteiger partial charge in [-0.1, -0.05) is 6.07 Å². The molecule has 28 heavy (non-hydrogen) atoms. The predicted molar refractivity (Wildman–Crippen MR) is 107 cm³/mol. The molecule has 7 heteroatoms. The van der Waals surface area contributed by atoms with Crippen LogP contribution in [0.5, 0.6) is 0 Å². The molecule has 2 aromatic carbocycles. The number of hydrogen-bond donors (Lipinski definition) is 1. The maximum atomic E-state index is 13.1. The van der Waals surface area contributed by atoms with Gasteiger partial charge in [0.25, 0.3) is 5.91 Å². The van der Waals surface area contributed by atoms with E-state index in [2.05, 4.69) is 10.3 Å². The molecular formula is C21H19FN2O3S. The first kappa shape index (κ1) is 19.7. The molecule has 0 saturated carbocycles. The van der Waals surface area contributed by atoms with Crippen LogP contribution < -0.4 is 5.32 Å². The van der Waals surface area contributed by atoms with Crippen molar-refractivity contribution in [1.82, 2.24) is 4.98 Å². The van der Waals surface area contributed by atoms with Crippen molar-refractivity contribution in [3.8, 4) is 10.6 Å². The topological polar surface area (TPSA) is 68.3 Å². The van der Waals surface area contributed by atoms with E-state index < -0.39 is 18.5 Å². The average molecular weight is 398 g/mol. The number of thiazole rings is 1. The summed E-state index contributed by atoms with van der Waals surface area (Å²) in [6, 6.07) is 11.5. The zero-order valence-corrected chi connectivity index (χ0v) is 16.5. The second kappa shape index (κ2) is 8.31. The highest BCUT2D eigenvalue weighted by Gasteiger charge is 2.19. The fourth-order valence-corrected chi connectivity index (χ4v) is 3.71. The number of rotatable bonds is 5. The number of halogens is 1. The molecule has 1 amide bonds. The molecule has 0 fully saturated rings. The van der Waals surface area contributed by atoms with Crippen molar-refractivity contribution in [3.05, 3.63) is 70.0 Å². The van der Waals surface area contributed by atoms with Crippen molar-refractivity contribution >= 4 is 28.9 Å². The molecule has 0 unspecified atom stereocenters. The summed E-state index contributed by atoms with van der Waals surface area (Å²) in [4.78, 5) is 29.1. The first-order valence-corrected chi connectivity index (χ1v) is 9.42. The highest BCUT2D eigenvalue weighted by Crippen LogP contribution is 2.28. The summed E-state index contributed by atoms with van der Waals surface area (Å²) in [5.41, 5.74) is 3.93. The third-order valence-corrected chi connectivity index (χ3v) is 5.10. The largest absolute Gasteiger partial charge is 0.451 e. The fourth-order valence-electron chi connectivity index (χ4n) is 2.74. The summed E-state index contributed by atoms with van der Waals surface area (Å²) >= 11 is 1.15. The third kappa shape index (κ3) is 4.80. The monoisotopic (exact) mass is 398 g/mol. The minimum atomic E-state index is -0.612. The van der Waals surface area contributed by atoms with Gasteiger partial charge in [-0.15, -0.1) is 11.3 Å². The van der Waals surface area contributed by atoms with E-state index in [0.717, 1.165) is 22.5 Å². The van der Waals surface area contributed by atoms with E-state index in [1.807, 2.05) is 32.0 Å². The molecule has 3 aromatic rings. The van der Waals surface area contributed by atoms with E-state index in [4.69, 9.17) is 4.74 Å². The van der Waals surface area contributed by atoms with Gasteiger partial charge in [0.05, 0.1) is 5.69 Å². The second-order valence-corrected chi connectivity index (χ2v) is 7.44. The summed E-state index contributed by atoms with van der Waals surface area (Å²) < 4.78 is 18.2. The fraction of sp³-hybridized carbons (Fsp3) is 0.190. The van der Waals surface area contributed by atoms with Crippen molar-refractivity contribution in [2.24, 2.45) is 0 Å². The Morgan fingerprint density at radius 2 is 1.71 bits per heavy atom. The van der Waals surface area contributed by atoms with Crippen LogP contribution in [0.1, 0.15) is 26.5 Å². The van der Waals surface area contributed by atoms with Gasteiger partial charge in [-0.3, -0.25) is 4.79 Å². The highest BCUT2D eigenvalue weighted by molar-refractivity contribution is 7.17. The summed E-state index contributed by atoms with van der Waals surface area (Å²) in [6.07, 6.45) is 0. The lowest BCUT2D eigenvalue weighted by atomic mass is 10.1. The van der Waals surface area contributed by atoms with Crippen LogP contribution in [0.15, 0.2) is 42.5 Å². The van der Waals surface area contributed by atoms with Gasteiger partial charge in [0.2, 0.25) is 0 Å². The Kier molecular flexibility index (Phi) is 5.84. The molecule has 1 aromatic heterocycles. The quantitative estimate of drug-likeness (QED) is 0.634. The first-order chi connectivity index (χ1) is 13.3. The smallest absolute Gasteiger partial charge is 0.350 e. The molecule has 0 atom stereocenters. The highest BCUT2D eigenvalue weighted by atomic mass is 32.1. The second-order valence-electron chi connectivity index (χ2n) is 6.44. The molecule has 1 N–H and O–H groups in total. The van der Waals surface area contributed by atoms with Crippen LogP contribution in [-0.4, -0.2) is 23.5 Å². The summed E-state index contributed by atoms with van der Waals surface area (Å²) in [7, 11) is 0. The minimum absolute atomic E-state index is 0.318. The predicted octanol–water partition coefficient (Wildman–Crippen LogP) is 4.67. The van der Waals surface area contributed by atoms with E-state index in [0.29, 0.717) is 26.8 Å². The number of carbonyl (C=O) groups is 2. The molecule has 0 aliphatic heterocycles. The number of aryl methyl sites for hydroxylation is 3. The molecule has 3 rings (SSSR count). The number of nitrogens with one attached hydrogen (secondary N) is 1. The van der Waals surface area contributed by atoms with Crippen molar-refractivity contribution in [3.63, 3.8) is 0 Å². The Labute approximate surface area is 166 Å². The van der Waals surface area contributed by atoms with E-state index in [1.54, 1.807) is 19.1 Å². The molecular weight excluding hydrogens is 379 g/mol. The van der Waals surface area contributed by atoms with Crippen molar-refractivity contribution in [2.75, 3.05) is 11.9 Å². The molecule has 0 bridgehead atoms. The molecule has 0 spiro atoms.